The van der Waals surface area contributed by atoms with Gasteiger partial charge >= 0.3 is 0 Å². The topological polar surface area (TPSA) is 52.0 Å². The summed E-state index contributed by atoms with van der Waals surface area (Å²) in [6, 6.07) is 5.87. The molecular formula is C10H8BrClN2O. The van der Waals surface area contributed by atoms with Gasteiger partial charge in [0.25, 0.3) is 0 Å². The van der Waals surface area contributed by atoms with E-state index in [0.29, 0.717) is 10.8 Å². The summed E-state index contributed by atoms with van der Waals surface area (Å²) >= 11 is 9.39. The lowest BCUT2D eigenvalue weighted by Gasteiger charge is -2.01. The van der Waals surface area contributed by atoms with E-state index in [0.717, 1.165) is 15.6 Å². The van der Waals surface area contributed by atoms with E-state index in [9.17, 15) is 0 Å². The molecule has 0 saturated heterocycles. The normalized spacial score (nSPS) is 10.6. The van der Waals surface area contributed by atoms with E-state index in [1.54, 1.807) is 0 Å². The van der Waals surface area contributed by atoms with Crippen molar-refractivity contribution in [1.82, 2.24) is 5.16 Å². The Morgan fingerprint density at radius 3 is 2.80 bits per heavy atom. The summed E-state index contributed by atoms with van der Waals surface area (Å²) in [4.78, 5) is 0. The van der Waals surface area contributed by atoms with Crippen LogP contribution in [0.15, 0.2) is 27.2 Å². The van der Waals surface area contributed by atoms with Crippen LogP contribution in [0.2, 0.25) is 5.02 Å². The fourth-order valence-electron chi connectivity index (χ4n) is 1.27. The highest BCUT2D eigenvalue weighted by Gasteiger charge is 2.15. The molecule has 2 rings (SSSR count). The Kier molecular flexibility index (Phi) is 2.71. The number of aromatic nitrogens is 1. The van der Waals surface area contributed by atoms with E-state index in [4.69, 9.17) is 21.9 Å². The van der Waals surface area contributed by atoms with Crippen molar-refractivity contribution in [3.8, 4) is 11.3 Å². The Morgan fingerprint density at radius 2 is 2.20 bits per heavy atom. The van der Waals surface area contributed by atoms with Crippen LogP contribution < -0.4 is 5.73 Å². The predicted octanol–water partition coefficient (Wildman–Crippen LogP) is 3.65. The first-order valence-electron chi connectivity index (χ1n) is 4.26. The number of aryl methyl sites for hydroxylation is 1. The van der Waals surface area contributed by atoms with Gasteiger partial charge in [0.1, 0.15) is 5.02 Å². The van der Waals surface area contributed by atoms with Gasteiger partial charge in [-0.25, -0.2) is 0 Å². The van der Waals surface area contributed by atoms with E-state index in [-0.39, 0.29) is 5.82 Å². The van der Waals surface area contributed by atoms with Gasteiger partial charge in [0.2, 0.25) is 0 Å². The molecule has 2 N–H and O–H groups in total. The molecule has 1 aromatic heterocycles. The number of hydrogen-bond donors (Lipinski definition) is 1. The number of hydrogen-bond acceptors (Lipinski definition) is 3. The molecule has 1 heterocycles. The smallest absolute Gasteiger partial charge is 0.188 e. The van der Waals surface area contributed by atoms with Crippen molar-refractivity contribution in [3.63, 3.8) is 0 Å². The van der Waals surface area contributed by atoms with Crippen molar-refractivity contribution in [2.24, 2.45) is 0 Å². The van der Waals surface area contributed by atoms with Gasteiger partial charge in [0.05, 0.1) is 0 Å². The van der Waals surface area contributed by atoms with Gasteiger partial charge in [-0.1, -0.05) is 44.3 Å². The van der Waals surface area contributed by atoms with Crippen molar-refractivity contribution in [2.75, 3.05) is 5.73 Å². The molecule has 0 spiro atoms. The van der Waals surface area contributed by atoms with Crippen LogP contribution in [0.4, 0.5) is 5.82 Å². The standard InChI is InChI=1S/C10H8BrClN2O/c1-5-2-3-7(11)6(4-5)9-8(12)10(13)14-15-9/h2-4H,1H3,(H2,13,14). The summed E-state index contributed by atoms with van der Waals surface area (Å²) in [5.74, 6) is 0.699. The third-order valence-corrected chi connectivity index (χ3v) is 3.08. The molecule has 0 radical (unpaired) electrons. The summed E-state index contributed by atoms with van der Waals surface area (Å²) in [5.41, 5.74) is 7.48. The Bertz CT molecular complexity index is 510. The van der Waals surface area contributed by atoms with Crippen LogP contribution in [0, 0.1) is 6.92 Å². The fourth-order valence-corrected chi connectivity index (χ4v) is 1.87. The zero-order valence-electron chi connectivity index (χ0n) is 7.92. The van der Waals surface area contributed by atoms with Gasteiger partial charge in [-0.05, 0) is 19.1 Å². The number of nitrogen functional groups attached to an aromatic ring is 1. The maximum Gasteiger partial charge on any atom is 0.188 e. The number of anilines is 1. The number of halogens is 2. The maximum atomic E-state index is 5.97. The SMILES string of the molecule is Cc1ccc(Br)c(-c2onc(N)c2Cl)c1. The second-order valence-corrected chi connectivity index (χ2v) is 4.43. The minimum absolute atomic E-state index is 0.208. The van der Waals surface area contributed by atoms with Crippen molar-refractivity contribution < 1.29 is 4.52 Å². The quantitative estimate of drug-likeness (QED) is 0.871. The number of nitrogens with two attached hydrogens (primary N) is 1. The lowest BCUT2D eigenvalue weighted by atomic mass is 10.1. The fraction of sp³-hybridized carbons (Fsp3) is 0.100. The van der Waals surface area contributed by atoms with Crippen LogP contribution in [0.3, 0.4) is 0 Å². The first-order valence-corrected chi connectivity index (χ1v) is 5.44. The molecule has 0 atom stereocenters. The first-order chi connectivity index (χ1) is 7.09. The monoisotopic (exact) mass is 286 g/mol. The molecule has 0 bridgehead atoms. The van der Waals surface area contributed by atoms with Crippen molar-refractivity contribution in [3.05, 3.63) is 33.3 Å². The van der Waals surface area contributed by atoms with Crippen molar-refractivity contribution >= 4 is 33.3 Å². The molecule has 15 heavy (non-hydrogen) atoms. The molecule has 1 aromatic carbocycles. The molecule has 78 valence electrons. The third kappa shape index (κ3) is 1.87. The highest BCUT2D eigenvalue weighted by Crippen LogP contribution is 2.36. The van der Waals surface area contributed by atoms with E-state index in [2.05, 4.69) is 21.1 Å². The van der Waals surface area contributed by atoms with Crippen LogP contribution in [0.1, 0.15) is 5.56 Å². The minimum atomic E-state index is 0.208. The molecule has 0 amide bonds. The van der Waals surface area contributed by atoms with Crippen LogP contribution in [-0.4, -0.2) is 5.16 Å². The van der Waals surface area contributed by atoms with Gasteiger partial charge in [-0.15, -0.1) is 0 Å². The van der Waals surface area contributed by atoms with Crippen molar-refractivity contribution in [1.29, 1.82) is 0 Å². The van der Waals surface area contributed by atoms with Gasteiger partial charge in [0, 0.05) is 10.0 Å². The Hall–Kier alpha value is -1.00. The summed E-state index contributed by atoms with van der Waals surface area (Å²) in [6.07, 6.45) is 0. The van der Waals surface area contributed by atoms with E-state index >= 15 is 0 Å². The predicted molar refractivity (Wildman–Crippen MR) is 63.8 cm³/mol. The Morgan fingerprint density at radius 1 is 1.47 bits per heavy atom. The van der Waals surface area contributed by atoms with Gasteiger partial charge < -0.3 is 10.3 Å². The van der Waals surface area contributed by atoms with Crippen LogP contribution in [-0.2, 0) is 0 Å². The molecule has 5 heteroatoms. The van der Waals surface area contributed by atoms with Crippen LogP contribution in [0.25, 0.3) is 11.3 Å². The summed E-state index contributed by atoms with van der Waals surface area (Å²) in [7, 11) is 0. The Balaban J connectivity index is 2.63. The second kappa shape index (κ2) is 3.87. The molecule has 0 saturated carbocycles. The number of rotatable bonds is 1. The summed E-state index contributed by atoms with van der Waals surface area (Å²) in [5, 5.41) is 3.96. The first kappa shape index (κ1) is 10.5. The molecular weight excluding hydrogens is 279 g/mol. The number of nitrogens with zero attached hydrogens (tertiary/aromatic N) is 1. The minimum Gasteiger partial charge on any atom is -0.380 e. The summed E-state index contributed by atoms with van der Waals surface area (Å²) in [6.45, 7) is 1.99. The van der Waals surface area contributed by atoms with Crippen LogP contribution >= 0.6 is 27.5 Å². The summed E-state index contributed by atoms with van der Waals surface area (Å²) < 4.78 is 5.97. The number of benzene rings is 1. The molecule has 0 aliphatic heterocycles. The van der Waals surface area contributed by atoms with Crippen molar-refractivity contribution in [2.45, 2.75) is 6.92 Å². The van der Waals surface area contributed by atoms with E-state index in [1.165, 1.54) is 0 Å². The molecule has 0 fully saturated rings. The highest BCUT2D eigenvalue weighted by molar-refractivity contribution is 9.10. The molecule has 0 unspecified atom stereocenters. The molecule has 3 nitrogen and oxygen atoms in total. The van der Waals surface area contributed by atoms with E-state index in [1.807, 2.05) is 25.1 Å². The van der Waals surface area contributed by atoms with Gasteiger partial charge in [-0.2, -0.15) is 0 Å². The average molecular weight is 288 g/mol. The lowest BCUT2D eigenvalue weighted by molar-refractivity contribution is 0.435. The zero-order chi connectivity index (χ0) is 11.0. The van der Waals surface area contributed by atoms with E-state index < -0.39 is 0 Å². The van der Waals surface area contributed by atoms with Gasteiger partial charge in [-0.3, -0.25) is 0 Å². The zero-order valence-corrected chi connectivity index (χ0v) is 10.3. The molecule has 0 aliphatic carbocycles. The Labute approximate surface area is 100 Å². The highest BCUT2D eigenvalue weighted by atomic mass is 79.9. The molecule has 2 aromatic rings. The second-order valence-electron chi connectivity index (χ2n) is 3.19. The van der Waals surface area contributed by atoms with Gasteiger partial charge in [0.15, 0.2) is 11.6 Å². The molecule has 0 aliphatic rings. The largest absolute Gasteiger partial charge is 0.380 e. The van der Waals surface area contributed by atoms with Crippen LogP contribution in [0.5, 0.6) is 0 Å². The third-order valence-electron chi connectivity index (χ3n) is 2.03. The lowest BCUT2D eigenvalue weighted by Crippen LogP contribution is -1.84. The average Bonchev–Trinajstić information content (AvgIpc) is 2.52. The maximum absolute atomic E-state index is 5.97.